The molecule has 7 nitrogen and oxygen atoms in total. The Morgan fingerprint density at radius 1 is 0.941 bits per heavy atom. The van der Waals surface area contributed by atoms with Gasteiger partial charge in [-0.2, -0.15) is 0 Å². The van der Waals surface area contributed by atoms with Crippen LogP contribution < -0.4 is 10.5 Å². The third-order valence-electron chi connectivity index (χ3n) is 5.76. The lowest BCUT2D eigenvalue weighted by Gasteiger charge is -2.11. The van der Waals surface area contributed by atoms with Crippen LogP contribution in [0.4, 0.5) is 5.82 Å². The van der Waals surface area contributed by atoms with Crippen molar-refractivity contribution in [2.45, 2.75) is 24.8 Å². The van der Waals surface area contributed by atoms with Gasteiger partial charge in [0, 0.05) is 17.8 Å². The second-order valence-corrected chi connectivity index (χ2v) is 8.51. The quantitative estimate of drug-likeness (QED) is 0.335. The maximum absolute atomic E-state index is 6.22. The van der Waals surface area contributed by atoms with Crippen molar-refractivity contribution in [3.8, 4) is 34.2 Å². The Labute approximate surface area is 201 Å². The first-order chi connectivity index (χ1) is 16.7. The summed E-state index contributed by atoms with van der Waals surface area (Å²) in [4.78, 5) is 18.6. The van der Waals surface area contributed by atoms with Crippen molar-refractivity contribution in [1.82, 2.24) is 24.5 Å². The van der Waals surface area contributed by atoms with Gasteiger partial charge in [0.1, 0.15) is 17.1 Å². The number of rotatable bonds is 6. The van der Waals surface area contributed by atoms with Gasteiger partial charge in [0.25, 0.3) is 0 Å². The van der Waals surface area contributed by atoms with Gasteiger partial charge in [0.2, 0.25) is 0 Å². The molecule has 0 amide bonds. The SMILES string of the molecule is Nc1ncccc1-c1nc2ccc(-c3ccc(OC4CC4)cn3)nc2n1-c1ccc(CCl)cc1. The summed E-state index contributed by atoms with van der Waals surface area (Å²) in [5.74, 6) is 2.31. The van der Waals surface area contributed by atoms with E-state index < -0.39 is 0 Å². The summed E-state index contributed by atoms with van der Waals surface area (Å²) < 4.78 is 7.82. The van der Waals surface area contributed by atoms with Crippen LogP contribution in [0, 0.1) is 0 Å². The number of halogens is 1. The van der Waals surface area contributed by atoms with E-state index in [1.165, 1.54) is 0 Å². The fourth-order valence-electron chi connectivity index (χ4n) is 3.85. The maximum Gasteiger partial charge on any atom is 0.165 e. The Morgan fingerprint density at radius 3 is 2.47 bits per heavy atom. The molecule has 34 heavy (non-hydrogen) atoms. The fraction of sp³-hybridized carbons (Fsp3) is 0.154. The van der Waals surface area contributed by atoms with Crippen LogP contribution in [0.25, 0.3) is 39.6 Å². The number of nitrogens with two attached hydrogens (primary N) is 1. The van der Waals surface area contributed by atoms with E-state index in [-0.39, 0.29) is 0 Å². The molecule has 1 saturated carbocycles. The molecule has 8 heteroatoms. The number of benzene rings is 1. The number of alkyl halides is 1. The van der Waals surface area contributed by atoms with Gasteiger partial charge in [-0.1, -0.05) is 12.1 Å². The van der Waals surface area contributed by atoms with Gasteiger partial charge in [0.15, 0.2) is 11.5 Å². The lowest BCUT2D eigenvalue weighted by Crippen LogP contribution is -2.02. The van der Waals surface area contributed by atoms with E-state index in [0.29, 0.717) is 29.3 Å². The molecule has 168 valence electrons. The number of ether oxygens (including phenoxy) is 1. The predicted octanol–water partition coefficient (Wildman–Crippen LogP) is 5.41. The van der Waals surface area contributed by atoms with Crippen molar-refractivity contribution in [2.24, 2.45) is 0 Å². The molecule has 2 N–H and O–H groups in total. The van der Waals surface area contributed by atoms with Crippen LogP contribution in [-0.2, 0) is 5.88 Å². The molecule has 1 fully saturated rings. The largest absolute Gasteiger partial charge is 0.489 e. The summed E-state index contributed by atoms with van der Waals surface area (Å²) in [5, 5.41) is 0. The Morgan fingerprint density at radius 2 is 1.76 bits per heavy atom. The van der Waals surface area contributed by atoms with Crippen molar-refractivity contribution in [3.63, 3.8) is 0 Å². The van der Waals surface area contributed by atoms with Gasteiger partial charge in [-0.15, -0.1) is 11.6 Å². The van der Waals surface area contributed by atoms with Crippen LogP contribution in [0.3, 0.4) is 0 Å². The van der Waals surface area contributed by atoms with Crippen LogP contribution in [0.1, 0.15) is 18.4 Å². The average Bonchev–Trinajstić information content (AvgIpc) is 3.61. The molecule has 4 heterocycles. The fourth-order valence-corrected chi connectivity index (χ4v) is 4.02. The maximum atomic E-state index is 6.22. The number of hydrogen-bond acceptors (Lipinski definition) is 6. The first kappa shape index (κ1) is 20.6. The molecule has 0 radical (unpaired) electrons. The third-order valence-corrected chi connectivity index (χ3v) is 6.07. The normalized spacial score (nSPS) is 13.3. The summed E-state index contributed by atoms with van der Waals surface area (Å²) in [5.41, 5.74) is 11.8. The molecular weight excluding hydrogens is 448 g/mol. The first-order valence-electron chi connectivity index (χ1n) is 11.1. The summed E-state index contributed by atoms with van der Waals surface area (Å²) in [7, 11) is 0. The van der Waals surface area contributed by atoms with Crippen LogP contribution in [0.15, 0.2) is 73.1 Å². The number of pyridine rings is 3. The lowest BCUT2D eigenvalue weighted by atomic mass is 10.2. The molecule has 1 aliphatic rings. The first-order valence-corrected chi connectivity index (χ1v) is 11.6. The summed E-state index contributed by atoms with van der Waals surface area (Å²) in [6, 6.07) is 19.5. The number of nitrogens with zero attached hydrogens (tertiary/aromatic N) is 5. The number of fused-ring (bicyclic) bond motifs is 1. The predicted molar refractivity (Wildman–Crippen MR) is 133 cm³/mol. The Bertz CT molecular complexity index is 1480. The van der Waals surface area contributed by atoms with E-state index >= 15 is 0 Å². The van der Waals surface area contributed by atoms with E-state index in [1.807, 2.05) is 65.2 Å². The molecule has 0 bridgehead atoms. The molecule has 0 saturated heterocycles. The number of anilines is 1. The number of aromatic nitrogens is 5. The van der Waals surface area contributed by atoms with Crippen LogP contribution in [-0.4, -0.2) is 30.6 Å². The minimum absolute atomic E-state index is 0.333. The number of imidazole rings is 1. The second kappa shape index (κ2) is 8.43. The summed E-state index contributed by atoms with van der Waals surface area (Å²) >= 11 is 6.01. The molecule has 0 unspecified atom stereocenters. The van der Waals surface area contributed by atoms with Crippen molar-refractivity contribution in [2.75, 3.05) is 5.73 Å². The van der Waals surface area contributed by atoms with Gasteiger partial charge in [-0.25, -0.2) is 15.0 Å². The van der Waals surface area contributed by atoms with Gasteiger partial charge >= 0.3 is 0 Å². The molecular formula is C26H21ClN6O. The zero-order valence-corrected chi connectivity index (χ0v) is 19.0. The van der Waals surface area contributed by atoms with Crippen molar-refractivity contribution >= 4 is 28.6 Å². The average molecular weight is 469 g/mol. The van der Waals surface area contributed by atoms with Gasteiger partial charge < -0.3 is 10.5 Å². The molecule has 5 aromatic rings. The highest BCUT2D eigenvalue weighted by atomic mass is 35.5. The minimum atomic E-state index is 0.333. The zero-order valence-electron chi connectivity index (χ0n) is 18.2. The monoisotopic (exact) mass is 468 g/mol. The molecule has 1 aromatic carbocycles. The standard InChI is InChI=1S/C26H21ClN6O/c27-14-16-3-5-17(6-4-16)33-25(20-2-1-13-29-24(20)28)32-23-12-11-22(31-26(23)33)21-10-9-19(15-30-21)34-18-7-8-18/h1-6,9-13,15,18H,7-8,14H2,(H2,28,29). The summed E-state index contributed by atoms with van der Waals surface area (Å²) in [6.45, 7) is 0. The zero-order chi connectivity index (χ0) is 23.1. The van der Waals surface area contributed by atoms with E-state index in [4.69, 9.17) is 32.0 Å². The molecule has 6 rings (SSSR count). The van der Waals surface area contributed by atoms with Crippen LogP contribution >= 0.6 is 11.6 Å². The van der Waals surface area contributed by atoms with Gasteiger partial charge in [-0.05, 0) is 66.9 Å². The molecule has 0 atom stereocenters. The Kier molecular flexibility index (Phi) is 5.11. The Hall–Kier alpha value is -3.97. The molecule has 0 aliphatic heterocycles. The minimum Gasteiger partial charge on any atom is -0.489 e. The highest BCUT2D eigenvalue weighted by Crippen LogP contribution is 2.32. The van der Waals surface area contributed by atoms with Crippen LogP contribution in [0.2, 0.25) is 0 Å². The highest BCUT2D eigenvalue weighted by molar-refractivity contribution is 6.17. The van der Waals surface area contributed by atoms with Gasteiger partial charge in [-0.3, -0.25) is 9.55 Å². The Balaban J connectivity index is 1.50. The van der Waals surface area contributed by atoms with Gasteiger partial charge in [0.05, 0.1) is 29.3 Å². The van der Waals surface area contributed by atoms with Crippen molar-refractivity contribution < 1.29 is 4.74 Å². The molecule has 0 spiro atoms. The smallest absolute Gasteiger partial charge is 0.165 e. The summed E-state index contributed by atoms with van der Waals surface area (Å²) in [6.07, 6.45) is 5.97. The third kappa shape index (κ3) is 3.84. The van der Waals surface area contributed by atoms with Crippen LogP contribution in [0.5, 0.6) is 5.75 Å². The highest BCUT2D eigenvalue weighted by Gasteiger charge is 2.23. The lowest BCUT2D eigenvalue weighted by molar-refractivity contribution is 0.302. The topological polar surface area (TPSA) is 91.7 Å². The van der Waals surface area contributed by atoms with E-state index in [1.54, 1.807) is 12.4 Å². The second-order valence-electron chi connectivity index (χ2n) is 8.24. The van der Waals surface area contributed by atoms with Crippen molar-refractivity contribution in [1.29, 1.82) is 0 Å². The molecule has 1 aliphatic carbocycles. The number of hydrogen-bond donors (Lipinski definition) is 1. The molecule has 4 aromatic heterocycles. The van der Waals surface area contributed by atoms with E-state index in [2.05, 4.69) is 9.97 Å². The van der Waals surface area contributed by atoms with E-state index in [9.17, 15) is 0 Å². The van der Waals surface area contributed by atoms with Crippen molar-refractivity contribution in [3.05, 3.63) is 78.6 Å². The van der Waals surface area contributed by atoms with E-state index in [0.717, 1.165) is 52.3 Å². The number of nitrogen functional groups attached to an aromatic ring is 1.